The van der Waals surface area contributed by atoms with Gasteiger partial charge in [-0.05, 0) is 25.2 Å². The Kier molecular flexibility index (Phi) is 9.52. The molecule has 0 saturated carbocycles. The van der Waals surface area contributed by atoms with Crippen molar-refractivity contribution in [1.29, 1.82) is 0 Å². The van der Waals surface area contributed by atoms with Crippen LogP contribution in [0.15, 0.2) is 4.99 Å². The molecule has 1 aliphatic heterocycles. The highest BCUT2D eigenvalue weighted by atomic mass is 127. The Morgan fingerprint density at radius 1 is 1.45 bits per heavy atom. The number of rotatable bonds is 5. The van der Waals surface area contributed by atoms with E-state index in [4.69, 9.17) is 5.73 Å². The summed E-state index contributed by atoms with van der Waals surface area (Å²) in [7, 11) is 0. The van der Waals surface area contributed by atoms with Crippen LogP contribution in [0.3, 0.4) is 0 Å². The minimum atomic E-state index is -4.26. The number of aliphatic imine (C=N–C) groups is 1. The molecule has 1 rings (SSSR count). The van der Waals surface area contributed by atoms with E-state index in [0.717, 1.165) is 19.5 Å². The standard InChI is InChI=1S/C12H22F3N3O.HI/c1-10-4-2-6-18(8-10)11(16)17-5-3-7-19-9-12(13,14)15;/h10H,2-9H2,1H3,(H2,16,17);1H. The van der Waals surface area contributed by atoms with E-state index in [1.54, 1.807) is 0 Å². The summed E-state index contributed by atoms with van der Waals surface area (Å²) in [6.07, 6.45) is -1.51. The van der Waals surface area contributed by atoms with Gasteiger partial charge in [-0.25, -0.2) is 0 Å². The molecule has 1 saturated heterocycles. The van der Waals surface area contributed by atoms with Gasteiger partial charge in [-0.3, -0.25) is 4.99 Å². The molecule has 120 valence electrons. The van der Waals surface area contributed by atoms with Crippen molar-refractivity contribution in [3.8, 4) is 0 Å². The van der Waals surface area contributed by atoms with E-state index in [0.29, 0.717) is 24.8 Å². The number of likely N-dealkylation sites (tertiary alicyclic amines) is 1. The maximum atomic E-state index is 11.8. The molecule has 0 radical (unpaired) electrons. The van der Waals surface area contributed by atoms with Crippen LogP contribution in [-0.2, 0) is 4.74 Å². The van der Waals surface area contributed by atoms with Gasteiger partial charge in [0, 0.05) is 26.2 Å². The molecular weight excluding hydrogens is 386 g/mol. The van der Waals surface area contributed by atoms with Crippen molar-refractivity contribution in [2.45, 2.75) is 32.4 Å². The van der Waals surface area contributed by atoms with Gasteiger partial charge in [0.15, 0.2) is 5.96 Å². The van der Waals surface area contributed by atoms with Crippen molar-refractivity contribution in [2.75, 3.05) is 32.8 Å². The van der Waals surface area contributed by atoms with Crippen molar-refractivity contribution in [3.63, 3.8) is 0 Å². The third-order valence-corrected chi connectivity index (χ3v) is 2.97. The maximum absolute atomic E-state index is 11.8. The lowest BCUT2D eigenvalue weighted by atomic mass is 10.0. The number of ether oxygens (including phenoxy) is 1. The van der Waals surface area contributed by atoms with E-state index < -0.39 is 12.8 Å². The lowest BCUT2D eigenvalue weighted by Gasteiger charge is -2.31. The SMILES string of the molecule is CC1CCCN(C(N)=NCCCOCC(F)(F)F)C1.I. The van der Waals surface area contributed by atoms with E-state index in [-0.39, 0.29) is 30.6 Å². The van der Waals surface area contributed by atoms with Crippen LogP contribution in [0, 0.1) is 5.92 Å². The molecule has 0 spiro atoms. The number of hydrogen-bond donors (Lipinski definition) is 1. The van der Waals surface area contributed by atoms with Crippen LogP contribution in [0.25, 0.3) is 0 Å². The fourth-order valence-electron chi connectivity index (χ4n) is 2.05. The second kappa shape index (κ2) is 9.64. The van der Waals surface area contributed by atoms with Gasteiger partial charge in [0.05, 0.1) is 0 Å². The number of hydrogen-bond acceptors (Lipinski definition) is 2. The average Bonchev–Trinajstić information content (AvgIpc) is 2.32. The van der Waals surface area contributed by atoms with Gasteiger partial charge in [-0.2, -0.15) is 13.2 Å². The molecule has 1 aliphatic rings. The molecule has 4 nitrogen and oxygen atoms in total. The van der Waals surface area contributed by atoms with Gasteiger partial charge >= 0.3 is 6.18 Å². The van der Waals surface area contributed by atoms with Gasteiger partial charge in [0.2, 0.25) is 0 Å². The highest BCUT2D eigenvalue weighted by Crippen LogP contribution is 2.15. The quantitative estimate of drug-likeness (QED) is 0.329. The Morgan fingerprint density at radius 3 is 2.75 bits per heavy atom. The average molecular weight is 409 g/mol. The summed E-state index contributed by atoms with van der Waals surface area (Å²) in [6, 6.07) is 0. The first kappa shape index (κ1) is 19.8. The van der Waals surface area contributed by atoms with Gasteiger partial charge in [-0.1, -0.05) is 6.92 Å². The van der Waals surface area contributed by atoms with Crippen molar-refractivity contribution in [2.24, 2.45) is 16.6 Å². The number of halogens is 4. The number of nitrogens with zero attached hydrogens (tertiary/aromatic N) is 2. The van der Waals surface area contributed by atoms with E-state index in [1.807, 2.05) is 4.90 Å². The van der Waals surface area contributed by atoms with Crippen LogP contribution < -0.4 is 5.73 Å². The smallest absolute Gasteiger partial charge is 0.372 e. The van der Waals surface area contributed by atoms with Crippen molar-refractivity contribution < 1.29 is 17.9 Å². The predicted molar refractivity (Wildman–Crippen MR) is 83.4 cm³/mol. The van der Waals surface area contributed by atoms with Crippen LogP contribution in [-0.4, -0.2) is 49.9 Å². The minimum absolute atomic E-state index is 0. The molecule has 0 bridgehead atoms. The van der Waals surface area contributed by atoms with Crippen LogP contribution in [0.2, 0.25) is 0 Å². The largest absolute Gasteiger partial charge is 0.411 e. The summed E-state index contributed by atoms with van der Waals surface area (Å²) in [5, 5.41) is 0. The Bertz CT molecular complexity index is 300. The lowest BCUT2D eigenvalue weighted by Crippen LogP contribution is -2.43. The minimum Gasteiger partial charge on any atom is -0.372 e. The molecule has 1 atom stereocenters. The molecule has 0 aliphatic carbocycles. The van der Waals surface area contributed by atoms with Crippen molar-refractivity contribution in [3.05, 3.63) is 0 Å². The highest BCUT2D eigenvalue weighted by molar-refractivity contribution is 14.0. The Balaban J connectivity index is 0.00000361. The van der Waals surface area contributed by atoms with Crippen LogP contribution in [0.5, 0.6) is 0 Å². The monoisotopic (exact) mass is 409 g/mol. The molecule has 0 aromatic heterocycles. The number of guanidine groups is 1. The van der Waals surface area contributed by atoms with Crippen molar-refractivity contribution in [1.82, 2.24) is 4.90 Å². The van der Waals surface area contributed by atoms with E-state index in [9.17, 15) is 13.2 Å². The highest BCUT2D eigenvalue weighted by Gasteiger charge is 2.27. The van der Waals surface area contributed by atoms with E-state index >= 15 is 0 Å². The van der Waals surface area contributed by atoms with Crippen molar-refractivity contribution >= 4 is 29.9 Å². The summed E-state index contributed by atoms with van der Waals surface area (Å²) < 4.78 is 39.9. The summed E-state index contributed by atoms with van der Waals surface area (Å²) in [5.41, 5.74) is 5.85. The Labute approximate surface area is 134 Å². The summed E-state index contributed by atoms with van der Waals surface area (Å²) in [4.78, 5) is 6.21. The predicted octanol–water partition coefficient (Wildman–Crippen LogP) is 2.62. The first-order chi connectivity index (χ1) is 8.88. The summed E-state index contributed by atoms with van der Waals surface area (Å²) in [6.45, 7) is 3.23. The maximum Gasteiger partial charge on any atom is 0.411 e. The first-order valence-electron chi connectivity index (χ1n) is 6.58. The number of alkyl halides is 3. The molecule has 0 aromatic carbocycles. The zero-order valence-electron chi connectivity index (χ0n) is 11.7. The number of nitrogens with two attached hydrogens (primary N) is 1. The van der Waals surface area contributed by atoms with Gasteiger partial charge in [0.25, 0.3) is 0 Å². The van der Waals surface area contributed by atoms with Crippen LogP contribution in [0.1, 0.15) is 26.2 Å². The molecule has 1 unspecified atom stereocenters. The fourth-order valence-corrected chi connectivity index (χ4v) is 2.05. The molecule has 1 heterocycles. The zero-order chi connectivity index (χ0) is 14.3. The van der Waals surface area contributed by atoms with E-state index in [1.165, 1.54) is 6.42 Å². The van der Waals surface area contributed by atoms with Gasteiger partial charge < -0.3 is 15.4 Å². The molecule has 1 fully saturated rings. The second-order valence-corrected chi connectivity index (χ2v) is 4.95. The first-order valence-corrected chi connectivity index (χ1v) is 6.58. The molecule has 0 amide bonds. The lowest BCUT2D eigenvalue weighted by molar-refractivity contribution is -0.173. The zero-order valence-corrected chi connectivity index (χ0v) is 14.0. The topological polar surface area (TPSA) is 50.8 Å². The molecule has 8 heteroatoms. The fraction of sp³-hybridized carbons (Fsp3) is 0.917. The molecule has 2 N–H and O–H groups in total. The van der Waals surface area contributed by atoms with Gasteiger partial charge in [0.1, 0.15) is 6.61 Å². The third-order valence-electron chi connectivity index (χ3n) is 2.97. The Morgan fingerprint density at radius 2 is 2.15 bits per heavy atom. The molecular formula is C12H23F3IN3O. The normalized spacial score (nSPS) is 20.7. The molecule has 20 heavy (non-hydrogen) atoms. The van der Waals surface area contributed by atoms with Gasteiger partial charge in [-0.15, -0.1) is 24.0 Å². The summed E-state index contributed by atoms with van der Waals surface area (Å²) >= 11 is 0. The second-order valence-electron chi connectivity index (χ2n) is 4.95. The Hall–Kier alpha value is -0.250. The van der Waals surface area contributed by atoms with Crippen LogP contribution in [0.4, 0.5) is 13.2 Å². The summed E-state index contributed by atoms with van der Waals surface area (Å²) in [5.74, 6) is 1.10. The third kappa shape index (κ3) is 8.83. The molecule has 0 aromatic rings. The van der Waals surface area contributed by atoms with Crippen LogP contribution >= 0.6 is 24.0 Å². The van der Waals surface area contributed by atoms with E-state index in [2.05, 4.69) is 16.7 Å². The number of piperidine rings is 1.